The third kappa shape index (κ3) is 8.42. The van der Waals surface area contributed by atoms with Crippen LogP contribution in [0.2, 0.25) is 0 Å². The van der Waals surface area contributed by atoms with Gasteiger partial charge in [-0.3, -0.25) is 33.9 Å². The number of imide groups is 1. The number of para-hydroxylation sites is 1. The number of piperidine rings is 3. The third-order valence-electron chi connectivity index (χ3n) is 17.1. The van der Waals surface area contributed by atoms with Crippen LogP contribution in [-0.4, -0.2) is 133 Å². The fraction of sp³-hybridized carbons (Fsp3) is 0.491. The lowest BCUT2D eigenvalue weighted by Crippen LogP contribution is -2.59. The highest BCUT2D eigenvalue weighted by Gasteiger charge is 2.51. The molecule has 3 aromatic heterocycles. The molecule has 16 nitrogen and oxygen atoms in total. The van der Waals surface area contributed by atoms with E-state index in [0.717, 1.165) is 82.7 Å². The molecule has 0 bridgehead atoms. The van der Waals surface area contributed by atoms with Crippen molar-refractivity contribution in [1.29, 1.82) is 0 Å². The molecular formula is C55H60F2N10O6. The first kappa shape index (κ1) is 47.3. The number of amides is 2. The highest BCUT2D eigenvalue weighted by Crippen LogP contribution is 2.53. The van der Waals surface area contributed by atoms with Crippen molar-refractivity contribution in [3.05, 3.63) is 76.3 Å². The molecule has 1 unspecified atom stereocenters. The number of β-amino-alcohol motifs (C(OH)–C–C–N with tert-alkyl or cyclic N) is 1. The molecule has 380 valence electrons. The van der Waals surface area contributed by atoms with Gasteiger partial charge in [-0.15, -0.1) is 6.42 Å². The fourth-order valence-electron chi connectivity index (χ4n) is 12.9. The number of pyridine rings is 1. The van der Waals surface area contributed by atoms with Crippen LogP contribution in [-0.2, 0) is 16.6 Å². The van der Waals surface area contributed by atoms with Gasteiger partial charge < -0.3 is 29.6 Å². The Morgan fingerprint density at radius 3 is 2.45 bits per heavy atom. The van der Waals surface area contributed by atoms with Crippen LogP contribution >= 0.6 is 0 Å². The van der Waals surface area contributed by atoms with E-state index in [0.29, 0.717) is 66.0 Å². The number of likely N-dealkylation sites (tertiary alicyclic amines) is 1. The summed E-state index contributed by atoms with van der Waals surface area (Å²) in [4.78, 5) is 61.8. The van der Waals surface area contributed by atoms with E-state index in [1.165, 1.54) is 43.3 Å². The first-order valence-electron chi connectivity index (χ1n) is 25.7. The number of carbonyl (C=O) groups is 2. The van der Waals surface area contributed by atoms with Crippen molar-refractivity contribution in [1.82, 2.24) is 39.2 Å². The molecule has 2 aliphatic carbocycles. The molecule has 2 saturated carbocycles. The van der Waals surface area contributed by atoms with Crippen LogP contribution in [0.25, 0.3) is 44.0 Å². The maximum absolute atomic E-state index is 17.1. The number of fused-ring (bicyclic) bond motifs is 3. The maximum Gasteiger partial charge on any atom is 0.329 e. The van der Waals surface area contributed by atoms with E-state index < -0.39 is 29.2 Å². The zero-order valence-electron chi connectivity index (χ0n) is 41.3. The van der Waals surface area contributed by atoms with Gasteiger partial charge in [0.2, 0.25) is 11.8 Å². The molecule has 6 fully saturated rings. The Bertz CT molecular complexity index is 3340. The Morgan fingerprint density at radius 2 is 1.73 bits per heavy atom. The van der Waals surface area contributed by atoms with Crippen LogP contribution in [0.15, 0.2) is 53.5 Å². The molecule has 3 N–H and O–H groups in total. The number of aromatic hydroxyl groups is 1. The summed E-state index contributed by atoms with van der Waals surface area (Å²) in [6, 6.07) is 11.2. The molecule has 1 spiro atoms. The van der Waals surface area contributed by atoms with Gasteiger partial charge in [-0.1, -0.05) is 18.1 Å². The van der Waals surface area contributed by atoms with Gasteiger partial charge in [0, 0.05) is 87.9 Å². The van der Waals surface area contributed by atoms with Crippen LogP contribution in [0.3, 0.4) is 0 Å². The number of benzene rings is 3. The minimum Gasteiger partial charge on any atom is -0.508 e. The summed E-state index contributed by atoms with van der Waals surface area (Å²) in [5.74, 6) is 0.465. The summed E-state index contributed by atoms with van der Waals surface area (Å²) in [6.45, 7) is 9.47. The molecule has 6 aliphatic rings. The zero-order valence-corrected chi connectivity index (χ0v) is 41.3. The SMILES string of the molecule is C#Cc1c(F)ccc2cc(O)cc(-c3ncc4c(N5CCC[C@@](C)(O)C5)nc(OCC5(CN6CCC7(CC6)CC(N6CCN(c8cccc9c8n(C)c(=O)n9C8CCC(=O)NC8=O)CC6)C7)CC5)nc4c3F)c12. The van der Waals surface area contributed by atoms with Crippen LogP contribution < -0.4 is 25.5 Å². The van der Waals surface area contributed by atoms with Gasteiger partial charge in [0.1, 0.15) is 34.6 Å². The zero-order chi connectivity index (χ0) is 50.6. The second-order valence-corrected chi connectivity index (χ2v) is 22.2. The topological polar surface area (TPSA) is 174 Å². The first-order valence-corrected chi connectivity index (χ1v) is 25.7. The molecule has 0 radical (unpaired) electrons. The number of aryl methyl sites for hydroxylation is 1. The second-order valence-electron chi connectivity index (χ2n) is 22.2. The number of hydrogen-bond acceptors (Lipinski definition) is 13. The molecule has 4 saturated heterocycles. The van der Waals surface area contributed by atoms with Crippen molar-refractivity contribution in [2.24, 2.45) is 17.9 Å². The number of carbonyl (C=O) groups excluding carboxylic acids is 2. The van der Waals surface area contributed by atoms with Crippen molar-refractivity contribution < 1.29 is 33.3 Å². The van der Waals surface area contributed by atoms with Gasteiger partial charge in [0.05, 0.1) is 39.9 Å². The average Bonchev–Trinajstić information content (AvgIpc) is 4.09. The summed E-state index contributed by atoms with van der Waals surface area (Å²) in [7, 11) is 1.76. The quantitative estimate of drug-likeness (QED) is 0.108. The number of anilines is 2. The molecule has 3 aromatic carbocycles. The summed E-state index contributed by atoms with van der Waals surface area (Å²) in [6.07, 6.45) is 15.7. The number of nitrogens with zero attached hydrogens (tertiary/aromatic N) is 9. The van der Waals surface area contributed by atoms with E-state index in [4.69, 9.17) is 16.1 Å². The smallest absolute Gasteiger partial charge is 0.329 e. The van der Waals surface area contributed by atoms with E-state index in [1.807, 2.05) is 17.0 Å². The van der Waals surface area contributed by atoms with Crippen molar-refractivity contribution >= 4 is 56.0 Å². The molecule has 12 rings (SSSR count). The van der Waals surface area contributed by atoms with Gasteiger partial charge in [0.25, 0.3) is 0 Å². The summed E-state index contributed by atoms with van der Waals surface area (Å²) >= 11 is 0. The number of hydrogen-bond donors (Lipinski definition) is 3. The Hall–Kier alpha value is -6.68. The first-order chi connectivity index (χ1) is 35.1. The fourth-order valence-corrected chi connectivity index (χ4v) is 12.9. The van der Waals surface area contributed by atoms with Crippen molar-refractivity contribution in [3.63, 3.8) is 0 Å². The Labute approximate surface area is 420 Å². The van der Waals surface area contributed by atoms with Gasteiger partial charge in [-0.05, 0) is 119 Å². The van der Waals surface area contributed by atoms with Crippen LogP contribution in [0.5, 0.6) is 11.8 Å². The molecule has 4 aliphatic heterocycles. The molecular weight excluding hydrogens is 935 g/mol. The number of halogens is 2. The lowest BCUT2D eigenvalue weighted by molar-refractivity contribution is -0.135. The lowest BCUT2D eigenvalue weighted by Gasteiger charge is -2.56. The van der Waals surface area contributed by atoms with Crippen LogP contribution in [0.4, 0.5) is 20.3 Å². The Morgan fingerprint density at radius 1 is 0.945 bits per heavy atom. The predicted octanol–water partition coefficient (Wildman–Crippen LogP) is 6.02. The van der Waals surface area contributed by atoms with Crippen LogP contribution in [0, 0.1) is 34.8 Å². The van der Waals surface area contributed by atoms with Crippen molar-refractivity contribution in [2.75, 3.05) is 75.3 Å². The molecule has 6 aromatic rings. The molecule has 2 atom stereocenters. The van der Waals surface area contributed by atoms with E-state index in [9.17, 15) is 24.6 Å². The Balaban J connectivity index is 0.698. The number of phenols is 1. The number of aromatic nitrogens is 5. The average molecular weight is 995 g/mol. The summed E-state index contributed by atoms with van der Waals surface area (Å²) < 4.78 is 41.8. The van der Waals surface area contributed by atoms with Gasteiger partial charge in [0.15, 0.2) is 5.82 Å². The predicted molar refractivity (Wildman–Crippen MR) is 273 cm³/mol. The highest BCUT2D eigenvalue weighted by molar-refractivity contribution is 6.03. The second kappa shape index (κ2) is 17.8. The number of nitrogens with one attached hydrogen (secondary N) is 1. The number of terminal acetylenes is 1. The molecule has 2 amide bonds. The molecule has 73 heavy (non-hydrogen) atoms. The minimum atomic E-state index is -0.987. The minimum absolute atomic E-state index is 0.0247. The van der Waals surface area contributed by atoms with Crippen LogP contribution in [0.1, 0.15) is 82.7 Å². The monoisotopic (exact) mass is 994 g/mol. The Kier molecular flexibility index (Phi) is 11.5. The number of rotatable bonds is 10. The summed E-state index contributed by atoms with van der Waals surface area (Å²) in [5, 5.41) is 25.2. The number of piperazine rings is 1. The van der Waals surface area contributed by atoms with Crippen molar-refractivity contribution in [3.8, 4) is 35.4 Å². The lowest BCUT2D eigenvalue weighted by atomic mass is 9.60. The maximum atomic E-state index is 17.1. The van der Waals surface area contributed by atoms with Crippen molar-refractivity contribution in [2.45, 2.75) is 88.8 Å². The van der Waals surface area contributed by atoms with Gasteiger partial charge in [-0.2, -0.15) is 9.97 Å². The normalized spacial score (nSPS) is 23.5. The number of aliphatic hydroxyl groups is 1. The molecule has 18 heteroatoms. The number of imidazole rings is 1. The largest absolute Gasteiger partial charge is 0.508 e. The van der Waals surface area contributed by atoms with Gasteiger partial charge >= 0.3 is 11.7 Å². The number of ether oxygens (including phenoxy) is 1. The summed E-state index contributed by atoms with van der Waals surface area (Å²) in [5.41, 5.74) is 1.40. The van der Waals surface area contributed by atoms with E-state index >= 15 is 8.78 Å². The standard InChI is InChI=1S/C55H60F2N10O6/c1-4-36-39(56)10-9-33-25-35(68)26-37(44(33)36)46-45(57)47-38(29-58-46)49(66-18-6-13-53(2,72)30-66)61-51(60-47)73-32-55(14-15-55)31-63-19-16-54(17-20-63)27-34(28-54)64-21-23-65(24-22-64)40-7-5-8-41-48(40)62(3)52(71)67(41)42-11-12-43(69)59-50(42)70/h1,5,7-10,25-26,29,34,42,68,72H,6,11-24,27-28,30-32H2,2-3H3,(H,59,69,70)/t42?,53-/m1/s1. The van der Waals surface area contributed by atoms with Gasteiger partial charge in [-0.25, -0.2) is 13.6 Å². The highest BCUT2D eigenvalue weighted by atomic mass is 19.1. The third-order valence-corrected chi connectivity index (χ3v) is 17.1. The van der Waals surface area contributed by atoms with E-state index in [-0.39, 0.29) is 69.5 Å². The number of phenolic OH excluding ortho intramolecular Hbond substituents is 1. The molecule has 7 heterocycles. The van der Waals surface area contributed by atoms with E-state index in [2.05, 4.69) is 42.0 Å². The van der Waals surface area contributed by atoms with E-state index in [1.54, 1.807) is 23.1 Å².